The highest BCUT2D eigenvalue weighted by Crippen LogP contribution is 2.17. The molecule has 2 rings (SSSR count). The molecule has 0 saturated carbocycles. The molecule has 6 heteroatoms. The van der Waals surface area contributed by atoms with Crippen LogP contribution < -0.4 is 10.2 Å². The third kappa shape index (κ3) is 3.61. The number of hydrogen-bond acceptors (Lipinski definition) is 3. The Morgan fingerprint density at radius 3 is 2.37 bits per heavy atom. The summed E-state index contributed by atoms with van der Waals surface area (Å²) in [6.45, 7) is 0.514. The van der Waals surface area contributed by atoms with Crippen molar-refractivity contribution in [1.82, 2.24) is 4.90 Å². The first-order chi connectivity index (χ1) is 8.58. The third-order valence-electron chi connectivity index (χ3n) is 2.95. The third-order valence-corrected chi connectivity index (χ3v) is 2.95. The number of nitrogens with one attached hydrogen (secondary N) is 1. The molecular formula is C13H18ClN3O2. The van der Waals surface area contributed by atoms with E-state index in [1.54, 1.807) is 0 Å². The molecular weight excluding hydrogens is 266 g/mol. The molecule has 1 fully saturated rings. The zero-order valence-corrected chi connectivity index (χ0v) is 11.9. The number of amides is 3. The van der Waals surface area contributed by atoms with Gasteiger partial charge in [0.15, 0.2) is 0 Å². The predicted octanol–water partition coefficient (Wildman–Crippen LogP) is 2.33. The van der Waals surface area contributed by atoms with Crippen LogP contribution in [0.25, 0.3) is 0 Å². The van der Waals surface area contributed by atoms with E-state index >= 15 is 0 Å². The normalized spacial score (nSPS) is 14.0. The molecule has 3 amide bonds. The number of nitrogens with zero attached hydrogens (tertiary/aromatic N) is 2. The Morgan fingerprint density at radius 1 is 1.26 bits per heavy atom. The fourth-order valence-corrected chi connectivity index (χ4v) is 1.90. The van der Waals surface area contributed by atoms with Crippen LogP contribution in [0.1, 0.15) is 12.8 Å². The fourth-order valence-electron chi connectivity index (χ4n) is 1.90. The number of carbonyl (C=O) groups excluding carboxylic acids is 2. The average Bonchev–Trinajstić information content (AvgIpc) is 2.76. The summed E-state index contributed by atoms with van der Waals surface area (Å²) in [6.07, 6.45) is 1.22. The standard InChI is InChI=1S/C13H17N3O2.ClH/c1-15(2)11-7-5-10(6-8-11)14-13(18)16-9-3-4-12(16)17;/h5-8H,3-4,9H2,1-2H3,(H,14,18);1H. The quantitative estimate of drug-likeness (QED) is 0.906. The smallest absolute Gasteiger partial charge is 0.328 e. The highest BCUT2D eigenvalue weighted by atomic mass is 35.5. The lowest BCUT2D eigenvalue weighted by Gasteiger charge is -2.16. The molecule has 0 aliphatic carbocycles. The SMILES string of the molecule is CN(C)c1ccc(NC(=O)N2CCCC2=O)cc1.Cl. The van der Waals surface area contributed by atoms with E-state index in [2.05, 4.69) is 5.32 Å². The van der Waals surface area contributed by atoms with Crippen molar-refractivity contribution >= 4 is 35.7 Å². The van der Waals surface area contributed by atoms with E-state index in [1.807, 2.05) is 43.3 Å². The van der Waals surface area contributed by atoms with Crippen LogP contribution in [0.3, 0.4) is 0 Å². The number of imide groups is 1. The molecule has 104 valence electrons. The van der Waals surface area contributed by atoms with Crippen molar-refractivity contribution in [3.63, 3.8) is 0 Å². The summed E-state index contributed by atoms with van der Waals surface area (Å²) in [4.78, 5) is 26.5. The Balaban J connectivity index is 0.00000180. The van der Waals surface area contributed by atoms with Crippen LogP contribution in [0.5, 0.6) is 0 Å². The van der Waals surface area contributed by atoms with Crippen molar-refractivity contribution < 1.29 is 9.59 Å². The average molecular weight is 284 g/mol. The zero-order chi connectivity index (χ0) is 13.1. The number of benzene rings is 1. The summed E-state index contributed by atoms with van der Waals surface area (Å²) in [5.74, 6) is -0.0996. The van der Waals surface area contributed by atoms with Crippen LogP contribution >= 0.6 is 12.4 Å². The molecule has 0 aromatic heterocycles. The van der Waals surface area contributed by atoms with Gasteiger partial charge in [0, 0.05) is 38.4 Å². The molecule has 1 aromatic rings. The van der Waals surface area contributed by atoms with Crippen LogP contribution in [0.4, 0.5) is 16.2 Å². The number of rotatable bonds is 2. The summed E-state index contributed by atoms with van der Waals surface area (Å²) in [5.41, 5.74) is 1.76. The van der Waals surface area contributed by atoms with Crippen molar-refractivity contribution in [3.05, 3.63) is 24.3 Å². The Bertz CT molecular complexity index is 459. The van der Waals surface area contributed by atoms with Crippen LogP contribution in [-0.4, -0.2) is 37.5 Å². The minimum absolute atomic E-state index is 0. The lowest BCUT2D eigenvalue weighted by atomic mass is 10.2. The second-order valence-corrected chi connectivity index (χ2v) is 4.52. The molecule has 1 N–H and O–H groups in total. The Labute approximate surface area is 119 Å². The fraction of sp³-hybridized carbons (Fsp3) is 0.385. The molecule has 0 spiro atoms. The van der Waals surface area contributed by atoms with Crippen molar-refractivity contribution in [3.8, 4) is 0 Å². The molecule has 0 atom stereocenters. The maximum atomic E-state index is 11.8. The molecule has 1 aliphatic heterocycles. The number of carbonyl (C=O) groups is 2. The van der Waals surface area contributed by atoms with E-state index in [0.717, 1.165) is 12.1 Å². The molecule has 19 heavy (non-hydrogen) atoms. The number of hydrogen-bond donors (Lipinski definition) is 1. The van der Waals surface area contributed by atoms with Crippen LogP contribution in [0.2, 0.25) is 0 Å². The molecule has 1 heterocycles. The molecule has 0 bridgehead atoms. The van der Waals surface area contributed by atoms with Gasteiger partial charge in [-0.2, -0.15) is 0 Å². The summed E-state index contributed by atoms with van der Waals surface area (Å²) < 4.78 is 0. The molecule has 0 radical (unpaired) electrons. The summed E-state index contributed by atoms with van der Waals surface area (Å²) >= 11 is 0. The predicted molar refractivity (Wildman–Crippen MR) is 78.0 cm³/mol. The number of halogens is 1. The van der Waals surface area contributed by atoms with Gasteiger partial charge in [-0.3, -0.25) is 9.69 Å². The number of urea groups is 1. The van der Waals surface area contributed by atoms with Gasteiger partial charge in [-0.1, -0.05) is 0 Å². The lowest BCUT2D eigenvalue weighted by molar-refractivity contribution is -0.125. The lowest BCUT2D eigenvalue weighted by Crippen LogP contribution is -2.35. The van der Waals surface area contributed by atoms with Gasteiger partial charge in [0.25, 0.3) is 0 Å². The van der Waals surface area contributed by atoms with E-state index < -0.39 is 0 Å². The monoisotopic (exact) mass is 283 g/mol. The van der Waals surface area contributed by atoms with Gasteiger partial charge in [-0.15, -0.1) is 12.4 Å². The first-order valence-corrected chi connectivity index (χ1v) is 5.96. The summed E-state index contributed by atoms with van der Waals surface area (Å²) in [6, 6.07) is 7.15. The van der Waals surface area contributed by atoms with Gasteiger partial charge in [-0.05, 0) is 30.7 Å². The molecule has 1 saturated heterocycles. The molecule has 1 aromatic carbocycles. The molecule has 0 unspecified atom stereocenters. The first-order valence-electron chi connectivity index (χ1n) is 5.96. The van der Waals surface area contributed by atoms with Gasteiger partial charge >= 0.3 is 6.03 Å². The van der Waals surface area contributed by atoms with Crippen molar-refractivity contribution in [2.75, 3.05) is 30.9 Å². The van der Waals surface area contributed by atoms with Crippen LogP contribution in [0.15, 0.2) is 24.3 Å². The molecule has 1 aliphatic rings. The Morgan fingerprint density at radius 2 is 1.89 bits per heavy atom. The second-order valence-electron chi connectivity index (χ2n) is 4.52. The van der Waals surface area contributed by atoms with Crippen molar-refractivity contribution in [2.24, 2.45) is 0 Å². The van der Waals surface area contributed by atoms with E-state index in [9.17, 15) is 9.59 Å². The summed E-state index contributed by atoms with van der Waals surface area (Å²) in [7, 11) is 3.91. The van der Waals surface area contributed by atoms with Gasteiger partial charge in [-0.25, -0.2) is 4.79 Å². The highest BCUT2D eigenvalue weighted by Gasteiger charge is 2.26. The van der Waals surface area contributed by atoms with Gasteiger partial charge in [0.1, 0.15) is 0 Å². The van der Waals surface area contributed by atoms with Crippen molar-refractivity contribution in [2.45, 2.75) is 12.8 Å². The van der Waals surface area contributed by atoms with E-state index in [-0.39, 0.29) is 24.3 Å². The summed E-state index contributed by atoms with van der Waals surface area (Å²) in [5, 5.41) is 2.73. The minimum Gasteiger partial charge on any atom is -0.378 e. The van der Waals surface area contributed by atoms with Crippen LogP contribution in [-0.2, 0) is 4.79 Å². The number of anilines is 2. The zero-order valence-electron chi connectivity index (χ0n) is 11.0. The minimum atomic E-state index is -0.338. The van der Waals surface area contributed by atoms with Crippen molar-refractivity contribution in [1.29, 1.82) is 0 Å². The molecule has 5 nitrogen and oxygen atoms in total. The first kappa shape index (κ1) is 15.3. The van der Waals surface area contributed by atoms with Gasteiger partial charge in [0.2, 0.25) is 5.91 Å². The Hall–Kier alpha value is -1.75. The van der Waals surface area contributed by atoms with E-state index in [1.165, 1.54) is 4.90 Å². The van der Waals surface area contributed by atoms with Crippen LogP contribution in [0, 0.1) is 0 Å². The maximum absolute atomic E-state index is 11.8. The van der Waals surface area contributed by atoms with Gasteiger partial charge < -0.3 is 10.2 Å². The topological polar surface area (TPSA) is 52.7 Å². The van der Waals surface area contributed by atoms with E-state index in [4.69, 9.17) is 0 Å². The second kappa shape index (κ2) is 6.43. The van der Waals surface area contributed by atoms with E-state index in [0.29, 0.717) is 18.7 Å². The largest absolute Gasteiger partial charge is 0.378 e. The Kier molecular flexibility index (Phi) is 5.18. The maximum Gasteiger partial charge on any atom is 0.328 e. The van der Waals surface area contributed by atoms with Gasteiger partial charge in [0.05, 0.1) is 0 Å². The number of likely N-dealkylation sites (tertiary alicyclic amines) is 1. The highest BCUT2D eigenvalue weighted by molar-refractivity contribution is 6.02.